The topological polar surface area (TPSA) is 39.1 Å². The molecule has 0 atom stereocenters. The van der Waals surface area contributed by atoms with Gasteiger partial charge in [0, 0.05) is 31.2 Å². The van der Waals surface area contributed by atoms with E-state index in [0.717, 1.165) is 39.1 Å². The zero-order valence-corrected chi connectivity index (χ0v) is 10.5. The lowest BCUT2D eigenvalue weighted by Crippen LogP contribution is -2.36. The molecule has 0 saturated carbocycles. The van der Waals surface area contributed by atoms with E-state index in [-0.39, 0.29) is 0 Å². The maximum absolute atomic E-state index is 5.35. The molecule has 1 aromatic carbocycles. The molecular weight excluding hydrogens is 226 g/mol. The van der Waals surface area contributed by atoms with Crippen molar-refractivity contribution in [3.05, 3.63) is 30.5 Å². The fourth-order valence-electron chi connectivity index (χ4n) is 2.48. The van der Waals surface area contributed by atoms with Gasteiger partial charge in [-0.25, -0.2) is 0 Å². The van der Waals surface area contributed by atoms with Gasteiger partial charge in [-0.1, -0.05) is 18.2 Å². The fourth-order valence-corrected chi connectivity index (χ4v) is 2.48. The molecule has 1 fully saturated rings. The average molecular weight is 245 g/mol. The number of fused-ring (bicyclic) bond motifs is 1. The molecule has 2 aromatic rings. The first kappa shape index (κ1) is 11.7. The van der Waals surface area contributed by atoms with Crippen LogP contribution in [-0.4, -0.2) is 35.6 Å². The predicted octanol–water partition coefficient (Wildman–Crippen LogP) is 1.80. The van der Waals surface area contributed by atoms with Gasteiger partial charge in [0.15, 0.2) is 0 Å². The molecule has 4 nitrogen and oxygen atoms in total. The Hall–Kier alpha value is -1.39. The highest BCUT2D eigenvalue weighted by Gasteiger charge is 2.12. The minimum absolute atomic E-state index is 0.612. The van der Waals surface area contributed by atoms with Gasteiger partial charge in [0.25, 0.3) is 0 Å². The lowest BCUT2D eigenvalue weighted by Gasteiger charge is -2.23. The maximum atomic E-state index is 5.35. The van der Waals surface area contributed by atoms with E-state index in [9.17, 15) is 0 Å². The highest BCUT2D eigenvalue weighted by molar-refractivity contribution is 5.78. The molecule has 0 radical (unpaired) electrons. The number of nitrogens with zero attached hydrogens (tertiary/aromatic N) is 2. The summed E-state index contributed by atoms with van der Waals surface area (Å²) in [5, 5.41) is 9.23. The summed E-state index contributed by atoms with van der Waals surface area (Å²) in [6, 6.07) is 8.95. The molecule has 0 unspecified atom stereocenters. The van der Waals surface area contributed by atoms with Gasteiger partial charge >= 0.3 is 0 Å². The molecule has 1 aliphatic heterocycles. The normalized spacial score (nSPS) is 17.3. The SMILES string of the molecule is c1ccc2c(c1)cnn2CCNC1CCOCC1. The van der Waals surface area contributed by atoms with Crippen LogP contribution < -0.4 is 5.32 Å². The van der Waals surface area contributed by atoms with E-state index in [1.807, 2.05) is 6.20 Å². The number of nitrogens with one attached hydrogen (secondary N) is 1. The van der Waals surface area contributed by atoms with Gasteiger partial charge in [0.05, 0.1) is 18.3 Å². The minimum atomic E-state index is 0.612. The van der Waals surface area contributed by atoms with Crippen LogP contribution in [0.3, 0.4) is 0 Å². The Balaban J connectivity index is 1.56. The molecule has 4 heteroatoms. The molecule has 0 amide bonds. The van der Waals surface area contributed by atoms with Crippen LogP contribution in [0.1, 0.15) is 12.8 Å². The first-order valence-corrected chi connectivity index (χ1v) is 6.65. The van der Waals surface area contributed by atoms with Crippen molar-refractivity contribution in [2.45, 2.75) is 25.4 Å². The van der Waals surface area contributed by atoms with Crippen molar-refractivity contribution < 1.29 is 4.74 Å². The van der Waals surface area contributed by atoms with E-state index in [2.05, 4.69) is 39.4 Å². The molecule has 2 heterocycles. The summed E-state index contributed by atoms with van der Waals surface area (Å²) in [7, 11) is 0. The first-order chi connectivity index (χ1) is 8.93. The van der Waals surface area contributed by atoms with E-state index in [1.54, 1.807) is 0 Å². The predicted molar refractivity (Wildman–Crippen MR) is 71.6 cm³/mol. The van der Waals surface area contributed by atoms with Crippen LogP contribution in [-0.2, 0) is 11.3 Å². The lowest BCUT2D eigenvalue weighted by molar-refractivity contribution is 0.0778. The van der Waals surface area contributed by atoms with Crippen molar-refractivity contribution in [1.29, 1.82) is 0 Å². The number of para-hydroxylation sites is 1. The molecule has 1 N–H and O–H groups in total. The van der Waals surface area contributed by atoms with E-state index >= 15 is 0 Å². The third-order valence-electron chi connectivity index (χ3n) is 3.53. The van der Waals surface area contributed by atoms with Gasteiger partial charge in [0.1, 0.15) is 0 Å². The Morgan fingerprint density at radius 2 is 2.11 bits per heavy atom. The van der Waals surface area contributed by atoms with Crippen LogP contribution in [0.2, 0.25) is 0 Å². The third kappa shape index (κ3) is 2.54. The van der Waals surface area contributed by atoms with Gasteiger partial charge in [-0.05, 0) is 18.9 Å². The number of benzene rings is 1. The van der Waals surface area contributed by atoms with Crippen LogP contribution in [0, 0.1) is 0 Å². The molecule has 0 bridgehead atoms. The van der Waals surface area contributed by atoms with Crippen molar-refractivity contribution in [2.75, 3.05) is 19.8 Å². The Morgan fingerprint density at radius 3 is 3.00 bits per heavy atom. The summed E-state index contributed by atoms with van der Waals surface area (Å²) in [5.74, 6) is 0. The lowest BCUT2D eigenvalue weighted by atomic mass is 10.1. The standard InChI is InChI=1S/C14H19N3O/c1-2-4-14-12(3-1)11-16-17(14)8-7-15-13-5-9-18-10-6-13/h1-4,11,13,15H,5-10H2. The van der Waals surface area contributed by atoms with Crippen molar-refractivity contribution in [3.8, 4) is 0 Å². The highest BCUT2D eigenvalue weighted by atomic mass is 16.5. The number of hydrogen-bond donors (Lipinski definition) is 1. The van der Waals surface area contributed by atoms with E-state index in [0.29, 0.717) is 6.04 Å². The van der Waals surface area contributed by atoms with Gasteiger partial charge in [-0.15, -0.1) is 0 Å². The second-order valence-electron chi connectivity index (χ2n) is 4.77. The quantitative estimate of drug-likeness (QED) is 0.893. The van der Waals surface area contributed by atoms with E-state index in [4.69, 9.17) is 4.74 Å². The highest BCUT2D eigenvalue weighted by Crippen LogP contribution is 2.12. The first-order valence-electron chi connectivity index (χ1n) is 6.65. The van der Waals surface area contributed by atoms with Gasteiger partial charge in [-0.2, -0.15) is 5.10 Å². The van der Waals surface area contributed by atoms with E-state index in [1.165, 1.54) is 10.9 Å². The second-order valence-corrected chi connectivity index (χ2v) is 4.77. The molecule has 0 aliphatic carbocycles. The van der Waals surface area contributed by atoms with Crippen molar-refractivity contribution in [2.24, 2.45) is 0 Å². The fraction of sp³-hybridized carbons (Fsp3) is 0.500. The zero-order valence-electron chi connectivity index (χ0n) is 10.5. The molecule has 18 heavy (non-hydrogen) atoms. The summed E-state index contributed by atoms with van der Waals surface area (Å²) < 4.78 is 7.42. The van der Waals surface area contributed by atoms with Crippen LogP contribution in [0.25, 0.3) is 10.9 Å². The number of rotatable bonds is 4. The van der Waals surface area contributed by atoms with Crippen LogP contribution in [0.4, 0.5) is 0 Å². The molecule has 3 rings (SSSR count). The van der Waals surface area contributed by atoms with Crippen molar-refractivity contribution in [1.82, 2.24) is 15.1 Å². The molecule has 1 aromatic heterocycles. The zero-order chi connectivity index (χ0) is 12.2. The number of aromatic nitrogens is 2. The van der Waals surface area contributed by atoms with E-state index < -0.39 is 0 Å². The molecular formula is C14H19N3O. The molecule has 96 valence electrons. The Labute approximate surface area is 107 Å². The summed E-state index contributed by atoms with van der Waals surface area (Å²) in [5.41, 5.74) is 1.21. The molecule has 1 aliphatic rings. The molecule has 1 saturated heterocycles. The van der Waals surface area contributed by atoms with Gasteiger partial charge < -0.3 is 10.1 Å². The molecule has 0 spiro atoms. The number of hydrogen-bond acceptors (Lipinski definition) is 3. The van der Waals surface area contributed by atoms with Crippen LogP contribution in [0.5, 0.6) is 0 Å². The third-order valence-corrected chi connectivity index (χ3v) is 3.53. The smallest absolute Gasteiger partial charge is 0.0682 e. The minimum Gasteiger partial charge on any atom is -0.381 e. The summed E-state index contributed by atoms with van der Waals surface area (Å²) in [6.07, 6.45) is 4.18. The Kier molecular flexibility index (Phi) is 3.57. The van der Waals surface area contributed by atoms with Crippen LogP contribution in [0.15, 0.2) is 30.5 Å². The van der Waals surface area contributed by atoms with Crippen LogP contribution >= 0.6 is 0 Å². The van der Waals surface area contributed by atoms with Crippen molar-refractivity contribution in [3.63, 3.8) is 0 Å². The second kappa shape index (κ2) is 5.50. The summed E-state index contributed by atoms with van der Waals surface area (Å²) in [4.78, 5) is 0. The van der Waals surface area contributed by atoms with Gasteiger partial charge in [0.2, 0.25) is 0 Å². The van der Waals surface area contributed by atoms with Crippen molar-refractivity contribution >= 4 is 10.9 Å². The summed E-state index contributed by atoms with van der Waals surface area (Å²) in [6.45, 7) is 3.67. The Bertz CT molecular complexity index is 502. The monoisotopic (exact) mass is 245 g/mol. The number of ether oxygens (including phenoxy) is 1. The summed E-state index contributed by atoms with van der Waals surface area (Å²) >= 11 is 0. The largest absolute Gasteiger partial charge is 0.381 e. The average Bonchev–Trinajstić information content (AvgIpc) is 2.84. The Morgan fingerprint density at radius 1 is 1.28 bits per heavy atom. The van der Waals surface area contributed by atoms with Gasteiger partial charge in [-0.3, -0.25) is 4.68 Å². The maximum Gasteiger partial charge on any atom is 0.0682 e.